The number of carbonyl (C=O) groups excluding carboxylic acids is 1. The first kappa shape index (κ1) is 30.1. The minimum Gasteiger partial charge on any atom is -0.494 e. The Morgan fingerprint density at radius 2 is 1.77 bits per heavy atom. The fourth-order valence-electron chi connectivity index (χ4n) is 4.86. The molecule has 0 N–H and O–H groups in total. The fourth-order valence-corrected chi connectivity index (χ4v) is 6.02. The van der Waals surface area contributed by atoms with Crippen molar-refractivity contribution < 1.29 is 23.7 Å². The van der Waals surface area contributed by atoms with Crippen LogP contribution >= 0.6 is 22.9 Å². The lowest BCUT2D eigenvalue weighted by atomic mass is 9.96. The topological polar surface area (TPSA) is 88.4 Å². The van der Waals surface area contributed by atoms with E-state index in [0.29, 0.717) is 55.0 Å². The number of rotatable bonds is 10. The molecule has 2 heterocycles. The van der Waals surface area contributed by atoms with Crippen LogP contribution in [0.3, 0.4) is 0 Å². The quantitative estimate of drug-likeness (QED) is 0.220. The van der Waals surface area contributed by atoms with E-state index in [1.54, 1.807) is 49.8 Å². The molecule has 0 saturated carbocycles. The summed E-state index contributed by atoms with van der Waals surface area (Å²) >= 11 is 7.27. The number of halogens is 1. The zero-order valence-electron chi connectivity index (χ0n) is 24.3. The molecule has 0 amide bonds. The molecule has 0 radical (unpaired) electrons. The van der Waals surface area contributed by atoms with Crippen LogP contribution < -0.4 is 29.1 Å². The zero-order chi connectivity index (χ0) is 30.5. The highest BCUT2D eigenvalue weighted by molar-refractivity contribution is 7.07. The first-order valence-corrected chi connectivity index (χ1v) is 15.0. The van der Waals surface area contributed by atoms with Gasteiger partial charge in [-0.05, 0) is 68.3 Å². The van der Waals surface area contributed by atoms with Gasteiger partial charge in [0.2, 0.25) is 0 Å². The molecule has 5 rings (SSSR count). The number of ether oxygens (including phenoxy) is 4. The van der Waals surface area contributed by atoms with E-state index in [4.69, 9.17) is 30.5 Å². The Morgan fingerprint density at radius 3 is 2.44 bits per heavy atom. The van der Waals surface area contributed by atoms with Crippen LogP contribution in [0.1, 0.15) is 43.5 Å². The minimum absolute atomic E-state index is 0.199. The number of aromatic nitrogens is 1. The number of para-hydroxylation sites is 1. The average Bonchev–Trinajstić information content (AvgIpc) is 3.31. The van der Waals surface area contributed by atoms with Crippen LogP contribution in [0.4, 0.5) is 0 Å². The molecule has 1 aromatic heterocycles. The average molecular weight is 619 g/mol. The van der Waals surface area contributed by atoms with Crippen LogP contribution in [0.15, 0.2) is 87.8 Å². The van der Waals surface area contributed by atoms with Crippen LogP contribution in [0, 0.1) is 0 Å². The van der Waals surface area contributed by atoms with E-state index in [9.17, 15) is 9.59 Å². The monoisotopic (exact) mass is 618 g/mol. The van der Waals surface area contributed by atoms with Crippen LogP contribution in [-0.2, 0) is 16.1 Å². The summed E-state index contributed by atoms with van der Waals surface area (Å²) in [5.74, 6) is 1.21. The van der Waals surface area contributed by atoms with Gasteiger partial charge in [-0.15, -0.1) is 0 Å². The Balaban J connectivity index is 1.62. The minimum atomic E-state index is -0.723. The van der Waals surface area contributed by atoms with Gasteiger partial charge in [-0.1, -0.05) is 59.3 Å². The third-order valence-corrected chi connectivity index (χ3v) is 8.07. The van der Waals surface area contributed by atoms with E-state index in [1.165, 1.54) is 11.3 Å². The van der Waals surface area contributed by atoms with Crippen molar-refractivity contribution in [3.05, 3.63) is 119 Å². The SMILES string of the molecule is CCOC(=O)C1=C(C)N=c2s/c(=C\c3cccc(OC)c3OCc3ccc(Cl)cc3)c(=O)n2[C@@H]1c1ccc(OCC)cc1. The zero-order valence-corrected chi connectivity index (χ0v) is 25.8. The van der Waals surface area contributed by atoms with Gasteiger partial charge in [0.25, 0.3) is 5.56 Å². The first-order valence-electron chi connectivity index (χ1n) is 13.8. The number of fused-ring (bicyclic) bond motifs is 1. The molecule has 222 valence electrons. The molecule has 0 bridgehead atoms. The predicted molar refractivity (Wildman–Crippen MR) is 167 cm³/mol. The summed E-state index contributed by atoms with van der Waals surface area (Å²) in [7, 11) is 1.57. The van der Waals surface area contributed by atoms with Gasteiger partial charge in [0.05, 0.1) is 42.2 Å². The van der Waals surface area contributed by atoms with E-state index >= 15 is 0 Å². The number of methoxy groups -OCH3 is 1. The highest BCUT2D eigenvalue weighted by Gasteiger charge is 2.33. The number of nitrogens with zero attached hydrogens (tertiary/aromatic N) is 2. The van der Waals surface area contributed by atoms with Gasteiger partial charge in [0.1, 0.15) is 12.4 Å². The van der Waals surface area contributed by atoms with Gasteiger partial charge in [-0.2, -0.15) is 0 Å². The molecule has 43 heavy (non-hydrogen) atoms. The molecule has 1 aliphatic rings. The van der Waals surface area contributed by atoms with Crippen LogP contribution in [0.5, 0.6) is 17.2 Å². The number of esters is 1. The highest BCUT2D eigenvalue weighted by atomic mass is 35.5. The second-order valence-corrected chi connectivity index (χ2v) is 11.0. The molecule has 0 fully saturated rings. The van der Waals surface area contributed by atoms with E-state index < -0.39 is 12.0 Å². The molecule has 0 spiro atoms. The second-order valence-electron chi connectivity index (χ2n) is 9.60. The normalized spacial score (nSPS) is 14.6. The molecular weight excluding hydrogens is 588 g/mol. The van der Waals surface area contributed by atoms with Crippen LogP contribution in [-0.4, -0.2) is 30.9 Å². The molecule has 10 heteroatoms. The van der Waals surface area contributed by atoms with E-state index in [2.05, 4.69) is 4.99 Å². The summed E-state index contributed by atoms with van der Waals surface area (Å²) in [6.07, 6.45) is 1.77. The summed E-state index contributed by atoms with van der Waals surface area (Å²) in [5, 5.41) is 0.641. The number of allylic oxidation sites excluding steroid dienone is 1. The lowest BCUT2D eigenvalue weighted by molar-refractivity contribution is -0.139. The van der Waals surface area contributed by atoms with E-state index in [0.717, 1.165) is 11.1 Å². The molecule has 3 aromatic carbocycles. The summed E-state index contributed by atoms with van der Waals surface area (Å²) in [4.78, 5) is 32.4. The van der Waals surface area contributed by atoms with Crippen LogP contribution in [0.25, 0.3) is 6.08 Å². The molecule has 8 nitrogen and oxygen atoms in total. The Bertz CT molecular complexity index is 1840. The maximum Gasteiger partial charge on any atom is 0.338 e. The third kappa shape index (κ3) is 6.38. The van der Waals surface area contributed by atoms with Crippen molar-refractivity contribution in [3.8, 4) is 17.2 Å². The number of hydrogen-bond acceptors (Lipinski definition) is 8. The van der Waals surface area contributed by atoms with Crippen molar-refractivity contribution in [3.63, 3.8) is 0 Å². The van der Waals surface area contributed by atoms with Crippen molar-refractivity contribution in [1.29, 1.82) is 0 Å². The Hall–Kier alpha value is -4.34. The van der Waals surface area contributed by atoms with Gasteiger partial charge in [-0.25, -0.2) is 9.79 Å². The summed E-state index contributed by atoms with van der Waals surface area (Å²) < 4.78 is 24.8. The molecule has 0 aliphatic carbocycles. The third-order valence-electron chi connectivity index (χ3n) is 6.84. The highest BCUT2D eigenvalue weighted by Crippen LogP contribution is 2.34. The molecule has 1 aliphatic heterocycles. The van der Waals surface area contributed by atoms with Crippen molar-refractivity contribution in [2.45, 2.75) is 33.4 Å². The standard InChI is InChI=1S/C33H31ClN2O6S/c1-5-40-25-16-12-22(13-17-25)29-28(32(38)41-6-2)20(3)35-33-36(29)31(37)27(43-33)18-23-8-7-9-26(39-4)30(23)42-19-21-10-14-24(34)15-11-21/h7-18,29H,5-6,19H2,1-4H3/b27-18-/t29-/m1/s1. The summed E-state index contributed by atoms with van der Waals surface area (Å²) in [6, 6.07) is 19.5. The number of benzene rings is 3. The smallest absolute Gasteiger partial charge is 0.338 e. The Kier molecular flexibility index (Phi) is 9.33. The van der Waals surface area contributed by atoms with E-state index in [1.807, 2.05) is 55.5 Å². The summed E-state index contributed by atoms with van der Waals surface area (Å²) in [5.41, 5.74) is 2.86. The van der Waals surface area contributed by atoms with Gasteiger partial charge in [0, 0.05) is 10.6 Å². The van der Waals surface area contributed by atoms with Gasteiger partial charge in [0.15, 0.2) is 16.3 Å². The van der Waals surface area contributed by atoms with E-state index in [-0.39, 0.29) is 18.8 Å². The number of carbonyl (C=O) groups is 1. The molecule has 1 atom stereocenters. The fraction of sp³-hybridized carbons (Fsp3) is 0.242. The maximum absolute atomic E-state index is 14.1. The number of hydrogen-bond donors (Lipinski definition) is 0. The Labute approximate surface area is 258 Å². The number of thiazole rings is 1. The molecular formula is C33H31ClN2O6S. The van der Waals surface area contributed by atoms with Crippen molar-refractivity contribution in [1.82, 2.24) is 4.57 Å². The van der Waals surface area contributed by atoms with Gasteiger partial charge >= 0.3 is 5.97 Å². The first-order chi connectivity index (χ1) is 20.8. The predicted octanol–water partition coefficient (Wildman–Crippen LogP) is 5.44. The maximum atomic E-state index is 14.1. The van der Waals surface area contributed by atoms with Crippen molar-refractivity contribution in [2.75, 3.05) is 20.3 Å². The molecule has 4 aromatic rings. The largest absolute Gasteiger partial charge is 0.494 e. The second kappa shape index (κ2) is 13.3. The van der Waals surface area contributed by atoms with Gasteiger partial charge in [-0.3, -0.25) is 9.36 Å². The summed E-state index contributed by atoms with van der Waals surface area (Å²) in [6.45, 7) is 6.42. The van der Waals surface area contributed by atoms with Crippen molar-refractivity contribution >= 4 is 35.0 Å². The molecule has 0 unspecified atom stereocenters. The van der Waals surface area contributed by atoms with Gasteiger partial charge < -0.3 is 18.9 Å². The van der Waals surface area contributed by atoms with Crippen molar-refractivity contribution in [2.24, 2.45) is 4.99 Å². The lowest BCUT2D eigenvalue weighted by Crippen LogP contribution is -2.39. The van der Waals surface area contributed by atoms with Crippen LogP contribution in [0.2, 0.25) is 5.02 Å². The molecule has 0 saturated heterocycles. The lowest BCUT2D eigenvalue weighted by Gasteiger charge is -2.24. The Morgan fingerprint density at radius 1 is 1.02 bits per heavy atom.